The van der Waals surface area contributed by atoms with Crippen molar-refractivity contribution in [2.24, 2.45) is 0 Å². The van der Waals surface area contributed by atoms with Crippen LogP contribution in [0.3, 0.4) is 0 Å². The topological polar surface area (TPSA) is 6.48 Å². The van der Waals surface area contributed by atoms with Gasteiger partial charge in [0, 0.05) is 24.5 Å². The molecule has 1 fully saturated rings. The highest BCUT2D eigenvalue weighted by atomic mass is 19.4. The first kappa shape index (κ1) is 19.6. The van der Waals surface area contributed by atoms with Gasteiger partial charge in [-0.3, -0.25) is 0 Å². The van der Waals surface area contributed by atoms with Gasteiger partial charge in [0.05, 0.1) is 0 Å². The largest absolute Gasteiger partial charge is 0.427 e. The van der Waals surface area contributed by atoms with Gasteiger partial charge in [0.1, 0.15) is 0 Å². The number of hydrogen-bond acceptors (Lipinski definition) is 2. The third-order valence-corrected chi connectivity index (χ3v) is 5.31. The Bertz CT molecular complexity index is 759. The van der Waals surface area contributed by atoms with E-state index in [9.17, 15) is 13.2 Å². The molecule has 0 atom stereocenters. The monoisotopic (exact) mass is 376 g/mol. The Hall–Kier alpha value is -2.17. The number of halogens is 3. The van der Waals surface area contributed by atoms with E-state index in [-0.39, 0.29) is 0 Å². The van der Waals surface area contributed by atoms with E-state index < -0.39 is 12.3 Å². The summed E-state index contributed by atoms with van der Waals surface area (Å²) in [6.45, 7) is 12.2. The van der Waals surface area contributed by atoms with Crippen molar-refractivity contribution in [1.82, 2.24) is 0 Å². The number of rotatable bonds is 2. The number of alkyl halides is 3. The third-order valence-electron chi connectivity index (χ3n) is 5.31. The van der Waals surface area contributed by atoms with E-state index in [2.05, 4.69) is 0 Å². The maximum Gasteiger partial charge on any atom is 0.427 e. The maximum atomic E-state index is 14.2. The van der Waals surface area contributed by atoms with Gasteiger partial charge in [-0.25, -0.2) is 0 Å². The predicted molar refractivity (Wildman–Crippen MR) is 106 cm³/mol. The number of nitrogens with zero attached hydrogens (tertiary/aromatic N) is 2. The highest BCUT2D eigenvalue weighted by Gasteiger charge is 2.52. The van der Waals surface area contributed by atoms with Crippen LogP contribution in [0.2, 0.25) is 0 Å². The molecule has 0 aliphatic carbocycles. The number of aryl methyl sites for hydroxylation is 6. The van der Waals surface area contributed by atoms with Crippen molar-refractivity contribution in [3.63, 3.8) is 0 Å². The Morgan fingerprint density at radius 1 is 0.667 bits per heavy atom. The Morgan fingerprint density at radius 3 is 1.22 bits per heavy atom. The fourth-order valence-corrected chi connectivity index (χ4v) is 4.70. The quantitative estimate of drug-likeness (QED) is 0.658. The van der Waals surface area contributed by atoms with E-state index in [0.29, 0.717) is 24.5 Å². The molecule has 2 aromatic rings. The molecule has 1 aliphatic rings. The summed E-state index contributed by atoms with van der Waals surface area (Å²) in [5.74, 6) is 0. The van der Waals surface area contributed by atoms with E-state index in [1.54, 1.807) is 0 Å². The van der Waals surface area contributed by atoms with Crippen molar-refractivity contribution < 1.29 is 13.2 Å². The van der Waals surface area contributed by atoms with Crippen LogP contribution in [-0.2, 0) is 0 Å². The average molecular weight is 376 g/mol. The average Bonchev–Trinajstić information content (AvgIpc) is 2.89. The molecule has 2 aromatic carbocycles. The van der Waals surface area contributed by atoms with Crippen LogP contribution in [-0.4, -0.2) is 25.4 Å². The number of anilines is 2. The first-order valence-electron chi connectivity index (χ1n) is 9.26. The molecule has 1 saturated heterocycles. The smallest absolute Gasteiger partial charge is 0.341 e. The molecule has 0 spiro atoms. The van der Waals surface area contributed by atoms with Crippen molar-refractivity contribution >= 4 is 11.4 Å². The minimum Gasteiger partial charge on any atom is -0.341 e. The Balaban J connectivity index is 2.13. The van der Waals surface area contributed by atoms with Gasteiger partial charge in [-0.05, 0) is 63.8 Å². The molecular formula is C22H27F3N2. The maximum absolute atomic E-state index is 14.2. The van der Waals surface area contributed by atoms with Gasteiger partial charge in [0.25, 0.3) is 0 Å². The lowest BCUT2D eigenvalue weighted by Gasteiger charge is -2.36. The minimum absolute atomic E-state index is 0.349. The van der Waals surface area contributed by atoms with Crippen LogP contribution < -0.4 is 9.80 Å². The molecule has 2 nitrogen and oxygen atoms in total. The van der Waals surface area contributed by atoms with E-state index in [1.807, 2.05) is 65.8 Å². The summed E-state index contributed by atoms with van der Waals surface area (Å²) in [4.78, 5) is 3.06. The summed E-state index contributed by atoms with van der Waals surface area (Å²) < 4.78 is 42.7. The van der Waals surface area contributed by atoms with Crippen molar-refractivity contribution in [3.8, 4) is 0 Å². The van der Waals surface area contributed by atoms with E-state index >= 15 is 0 Å². The van der Waals surface area contributed by atoms with Crippen LogP contribution in [0, 0.1) is 41.5 Å². The lowest BCUT2D eigenvalue weighted by molar-refractivity contribution is -0.145. The van der Waals surface area contributed by atoms with Gasteiger partial charge in [-0.1, -0.05) is 35.4 Å². The molecule has 3 rings (SSSR count). The Labute approximate surface area is 159 Å². The molecule has 0 aromatic heterocycles. The van der Waals surface area contributed by atoms with Crippen LogP contribution in [0.1, 0.15) is 33.4 Å². The van der Waals surface area contributed by atoms with Gasteiger partial charge < -0.3 is 9.80 Å². The number of benzene rings is 2. The molecule has 0 saturated carbocycles. The Morgan fingerprint density at radius 2 is 0.963 bits per heavy atom. The molecule has 0 radical (unpaired) electrons. The second-order valence-corrected chi connectivity index (χ2v) is 7.80. The van der Waals surface area contributed by atoms with Crippen molar-refractivity contribution in [3.05, 3.63) is 57.6 Å². The molecule has 0 amide bonds. The van der Waals surface area contributed by atoms with Gasteiger partial charge in [0.15, 0.2) is 0 Å². The molecule has 146 valence electrons. The normalized spacial score (nSPS) is 15.7. The fraction of sp³-hybridized carbons (Fsp3) is 0.455. The van der Waals surface area contributed by atoms with Crippen LogP contribution in [0.15, 0.2) is 24.3 Å². The zero-order valence-electron chi connectivity index (χ0n) is 16.8. The molecule has 0 unspecified atom stereocenters. The first-order chi connectivity index (χ1) is 12.5. The molecule has 1 aliphatic heterocycles. The highest BCUT2D eigenvalue weighted by Crippen LogP contribution is 2.41. The molecule has 1 heterocycles. The second kappa shape index (κ2) is 6.77. The summed E-state index contributed by atoms with van der Waals surface area (Å²) >= 11 is 0. The van der Waals surface area contributed by atoms with Crippen LogP contribution in [0.4, 0.5) is 24.5 Å². The highest BCUT2D eigenvalue weighted by molar-refractivity contribution is 5.68. The van der Waals surface area contributed by atoms with Crippen molar-refractivity contribution in [1.29, 1.82) is 0 Å². The van der Waals surface area contributed by atoms with Crippen LogP contribution >= 0.6 is 0 Å². The summed E-state index contributed by atoms with van der Waals surface area (Å²) in [7, 11) is 0. The zero-order chi connectivity index (χ0) is 20.1. The molecule has 0 bridgehead atoms. The van der Waals surface area contributed by atoms with Gasteiger partial charge in [-0.2, -0.15) is 13.2 Å². The molecule has 27 heavy (non-hydrogen) atoms. The van der Waals surface area contributed by atoms with E-state index in [0.717, 1.165) is 33.4 Å². The van der Waals surface area contributed by atoms with Crippen LogP contribution in [0.25, 0.3) is 0 Å². The third kappa shape index (κ3) is 3.52. The van der Waals surface area contributed by atoms with Gasteiger partial charge >= 0.3 is 6.18 Å². The lowest BCUT2D eigenvalue weighted by Crippen LogP contribution is -2.50. The summed E-state index contributed by atoms with van der Waals surface area (Å²) in [5, 5.41) is 0. The summed E-state index contributed by atoms with van der Waals surface area (Å²) in [5.41, 5.74) is 7.10. The first-order valence-corrected chi connectivity index (χ1v) is 9.26. The van der Waals surface area contributed by atoms with Crippen LogP contribution in [0.5, 0.6) is 0 Å². The van der Waals surface area contributed by atoms with E-state index in [4.69, 9.17) is 0 Å². The van der Waals surface area contributed by atoms with Crippen molar-refractivity contribution in [2.75, 3.05) is 22.9 Å². The molecular weight excluding hydrogens is 349 g/mol. The van der Waals surface area contributed by atoms with E-state index in [1.165, 1.54) is 9.80 Å². The summed E-state index contributed by atoms with van der Waals surface area (Å²) in [6, 6.07) is 7.84. The SMILES string of the molecule is Cc1cc(C)c(N2CCN(c3c(C)cc(C)cc3C)C2C(F)(F)F)c(C)c1. The van der Waals surface area contributed by atoms with Crippen molar-refractivity contribution in [2.45, 2.75) is 53.9 Å². The Kier molecular flexibility index (Phi) is 4.91. The minimum atomic E-state index is -4.36. The molecule has 5 heteroatoms. The summed E-state index contributed by atoms with van der Waals surface area (Å²) in [6.07, 6.45) is -6.01. The zero-order valence-corrected chi connectivity index (χ0v) is 16.8. The standard InChI is InChI=1S/C22H27F3N2/c1-13-9-15(3)19(16(4)10-13)26-7-8-27(21(26)22(23,24)25)20-17(5)11-14(2)12-18(20)6/h9-12,21H,7-8H2,1-6H3. The fourth-order valence-electron chi connectivity index (χ4n) is 4.70. The number of hydrogen-bond donors (Lipinski definition) is 0. The predicted octanol–water partition coefficient (Wildman–Crippen LogP) is 5.75. The van der Waals surface area contributed by atoms with Gasteiger partial charge in [0.2, 0.25) is 6.17 Å². The molecule has 0 N–H and O–H groups in total. The van der Waals surface area contributed by atoms with Gasteiger partial charge in [-0.15, -0.1) is 0 Å². The lowest BCUT2D eigenvalue weighted by atomic mass is 10.0. The second-order valence-electron chi connectivity index (χ2n) is 7.80.